The summed E-state index contributed by atoms with van der Waals surface area (Å²) in [5.74, 6) is 1.82. The number of rotatable bonds is 6. The van der Waals surface area contributed by atoms with Crippen LogP contribution in [0.4, 0.5) is 0 Å². The molecule has 1 fully saturated rings. The number of phenols is 1. The molecule has 0 bridgehead atoms. The van der Waals surface area contributed by atoms with Gasteiger partial charge in [0.25, 0.3) is 0 Å². The van der Waals surface area contributed by atoms with Crippen LogP contribution in [0.15, 0.2) is 36.1 Å². The molecule has 2 aliphatic rings. The van der Waals surface area contributed by atoms with E-state index in [1.807, 2.05) is 6.07 Å². The molecule has 2 aliphatic heterocycles. The Balaban J connectivity index is 1.59. The van der Waals surface area contributed by atoms with E-state index in [1.165, 1.54) is 0 Å². The molecule has 2 aromatic rings. The molecule has 1 N–H and O–H groups in total. The van der Waals surface area contributed by atoms with E-state index in [0.717, 1.165) is 38.3 Å². The van der Waals surface area contributed by atoms with Crippen LogP contribution < -0.4 is 14.2 Å². The number of carbonyl (C=O) groups excluding carboxylic acids is 1. The van der Waals surface area contributed by atoms with Gasteiger partial charge in [0, 0.05) is 32.7 Å². The van der Waals surface area contributed by atoms with Crippen molar-refractivity contribution in [1.29, 1.82) is 0 Å². The highest BCUT2D eigenvalue weighted by Gasteiger charge is 2.32. The minimum absolute atomic E-state index is 0.150. The van der Waals surface area contributed by atoms with E-state index in [0.29, 0.717) is 34.9 Å². The van der Waals surface area contributed by atoms with Crippen LogP contribution >= 0.6 is 0 Å². The number of piperazine rings is 1. The third-order valence-corrected chi connectivity index (χ3v) is 5.92. The Morgan fingerprint density at radius 3 is 2.42 bits per heavy atom. The van der Waals surface area contributed by atoms with Gasteiger partial charge in [-0.2, -0.15) is 0 Å². The van der Waals surface area contributed by atoms with Crippen molar-refractivity contribution in [1.82, 2.24) is 9.80 Å². The van der Waals surface area contributed by atoms with Crippen LogP contribution in [0.3, 0.4) is 0 Å². The van der Waals surface area contributed by atoms with Crippen molar-refractivity contribution in [3.05, 3.63) is 52.8 Å². The van der Waals surface area contributed by atoms with E-state index >= 15 is 0 Å². The second-order valence-electron chi connectivity index (χ2n) is 7.70. The Bertz CT molecular complexity index is 1010. The number of Topliss-reactive ketones (excluding diaryl/α,β-unsaturated/α-hetero) is 1. The second kappa shape index (κ2) is 8.99. The molecule has 0 unspecified atom stereocenters. The summed E-state index contributed by atoms with van der Waals surface area (Å²) in [5.41, 5.74) is 1.90. The molecule has 2 heterocycles. The summed E-state index contributed by atoms with van der Waals surface area (Å²) in [6.45, 7) is 7.58. The molecule has 2 aromatic carbocycles. The maximum Gasteiger partial charge on any atom is 0.231 e. The smallest absolute Gasteiger partial charge is 0.231 e. The van der Waals surface area contributed by atoms with E-state index in [-0.39, 0.29) is 17.3 Å². The second-order valence-corrected chi connectivity index (χ2v) is 7.70. The molecule has 0 amide bonds. The van der Waals surface area contributed by atoms with Crippen LogP contribution in [0, 0.1) is 0 Å². The Labute approximate surface area is 182 Å². The van der Waals surface area contributed by atoms with E-state index in [9.17, 15) is 9.90 Å². The third kappa shape index (κ3) is 4.24. The van der Waals surface area contributed by atoms with Gasteiger partial charge in [0.2, 0.25) is 5.78 Å². The monoisotopic (exact) mass is 424 g/mol. The first-order valence-electron chi connectivity index (χ1n) is 10.5. The summed E-state index contributed by atoms with van der Waals surface area (Å²) in [6, 6.07) is 8.61. The predicted octanol–water partition coefficient (Wildman–Crippen LogP) is 3.16. The maximum atomic E-state index is 13.0. The van der Waals surface area contributed by atoms with Crippen molar-refractivity contribution in [2.75, 3.05) is 46.9 Å². The summed E-state index contributed by atoms with van der Waals surface area (Å²) in [6.07, 6.45) is 1.69. The lowest BCUT2D eigenvalue weighted by atomic mass is 10.0. The number of ketones is 1. The van der Waals surface area contributed by atoms with E-state index in [1.54, 1.807) is 44.6 Å². The lowest BCUT2D eigenvalue weighted by Crippen LogP contribution is -2.45. The first kappa shape index (κ1) is 21.2. The van der Waals surface area contributed by atoms with E-state index in [2.05, 4.69) is 16.7 Å². The maximum absolute atomic E-state index is 13.0. The Morgan fingerprint density at radius 2 is 1.74 bits per heavy atom. The molecule has 0 saturated carbocycles. The highest BCUT2D eigenvalue weighted by Crippen LogP contribution is 2.40. The summed E-state index contributed by atoms with van der Waals surface area (Å²) >= 11 is 0. The number of likely N-dealkylation sites (N-methyl/N-ethyl adjacent to an activating group) is 1. The molecule has 0 aromatic heterocycles. The highest BCUT2D eigenvalue weighted by molar-refractivity contribution is 6.15. The summed E-state index contributed by atoms with van der Waals surface area (Å²) in [7, 11) is 3.14. The number of hydrogen-bond acceptors (Lipinski definition) is 7. The van der Waals surface area contributed by atoms with Gasteiger partial charge < -0.3 is 24.2 Å². The van der Waals surface area contributed by atoms with Crippen molar-refractivity contribution in [2.24, 2.45) is 0 Å². The van der Waals surface area contributed by atoms with Crippen molar-refractivity contribution in [3.63, 3.8) is 0 Å². The number of fused-ring (bicyclic) bond motifs is 1. The molecule has 0 spiro atoms. The number of phenolic OH excluding ortho intramolecular Hbond substituents is 1. The highest BCUT2D eigenvalue weighted by atomic mass is 16.5. The topological polar surface area (TPSA) is 71.5 Å². The number of benzene rings is 2. The number of carbonyl (C=O) groups is 1. The van der Waals surface area contributed by atoms with E-state index in [4.69, 9.17) is 14.2 Å². The normalized spacial score (nSPS) is 18.2. The van der Waals surface area contributed by atoms with Gasteiger partial charge in [-0.15, -0.1) is 0 Å². The fraction of sp³-hybridized carbons (Fsp3) is 0.375. The third-order valence-electron chi connectivity index (χ3n) is 5.92. The molecule has 0 atom stereocenters. The van der Waals surface area contributed by atoms with Gasteiger partial charge in [0.05, 0.1) is 25.3 Å². The van der Waals surface area contributed by atoms with Gasteiger partial charge >= 0.3 is 0 Å². The van der Waals surface area contributed by atoms with Gasteiger partial charge in [0.1, 0.15) is 11.5 Å². The number of hydrogen-bond donors (Lipinski definition) is 1. The molecular weight excluding hydrogens is 396 g/mol. The van der Waals surface area contributed by atoms with Crippen LogP contribution in [-0.4, -0.2) is 67.6 Å². The molecule has 0 aliphatic carbocycles. The van der Waals surface area contributed by atoms with Gasteiger partial charge in [-0.1, -0.05) is 13.0 Å². The molecule has 1 saturated heterocycles. The van der Waals surface area contributed by atoms with Crippen LogP contribution in [0.2, 0.25) is 0 Å². The molecule has 7 nitrogen and oxygen atoms in total. The minimum atomic E-state index is -0.193. The predicted molar refractivity (Wildman–Crippen MR) is 118 cm³/mol. The first-order chi connectivity index (χ1) is 15.0. The standard InChI is InChI=1S/C24H28N2O5/c1-4-25-9-11-26(12-10-25)15-18-19(27)7-6-17-23(28)22(31-24(17)18)14-16-5-8-20(29-2)21(13-16)30-3/h5-8,13-14,27H,4,9-12,15H2,1-3H3. The Morgan fingerprint density at radius 1 is 1.03 bits per heavy atom. The number of ether oxygens (including phenoxy) is 3. The van der Waals surface area contributed by atoms with Crippen molar-refractivity contribution in [3.8, 4) is 23.0 Å². The number of aromatic hydroxyl groups is 1. The average Bonchev–Trinajstić information content (AvgIpc) is 3.11. The number of methoxy groups -OCH3 is 2. The first-order valence-corrected chi connectivity index (χ1v) is 10.5. The van der Waals surface area contributed by atoms with Crippen LogP contribution in [0.5, 0.6) is 23.0 Å². The lowest BCUT2D eigenvalue weighted by molar-refractivity contribution is 0.101. The van der Waals surface area contributed by atoms with Crippen molar-refractivity contribution >= 4 is 11.9 Å². The molecular formula is C24H28N2O5. The Hall–Kier alpha value is -3.03. The molecule has 164 valence electrons. The van der Waals surface area contributed by atoms with Gasteiger partial charge in [-0.25, -0.2) is 0 Å². The summed E-state index contributed by atoms with van der Waals surface area (Å²) in [4.78, 5) is 17.6. The SMILES string of the molecule is CCN1CCN(Cc2c(O)ccc3c2OC(=Cc2ccc(OC)c(OC)c2)C3=O)CC1. The van der Waals surface area contributed by atoms with Gasteiger partial charge in [-0.3, -0.25) is 9.69 Å². The van der Waals surface area contributed by atoms with Crippen molar-refractivity contribution < 1.29 is 24.1 Å². The van der Waals surface area contributed by atoms with Gasteiger partial charge in [0.15, 0.2) is 17.3 Å². The zero-order chi connectivity index (χ0) is 22.0. The quantitative estimate of drug-likeness (QED) is 0.714. The van der Waals surface area contributed by atoms with Crippen LogP contribution in [-0.2, 0) is 6.54 Å². The average molecular weight is 424 g/mol. The lowest BCUT2D eigenvalue weighted by Gasteiger charge is -2.34. The van der Waals surface area contributed by atoms with Crippen LogP contribution in [0.1, 0.15) is 28.4 Å². The zero-order valence-corrected chi connectivity index (χ0v) is 18.2. The largest absolute Gasteiger partial charge is 0.507 e. The molecule has 7 heteroatoms. The molecule has 0 radical (unpaired) electrons. The van der Waals surface area contributed by atoms with Crippen molar-refractivity contribution in [2.45, 2.75) is 13.5 Å². The fourth-order valence-corrected chi connectivity index (χ4v) is 4.03. The fourth-order valence-electron chi connectivity index (χ4n) is 4.03. The molecule has 31 heavy (non-hydrogen) atoms. The number of nitrogens with zero attached hydrogens (tertiary/aromatic N) is 2. The Kier molecular flexibility index (Phi) is 6.15. The minimum Gasteiger partial charge on any atom is -0.507 e. The number of allylic oxidation sites excluding steroid dienone is 1. The van der Waals surface area contributed by atoms with E-state index < -0.39 is 0 Å². The van der Waals surface area contributed by atoms with Crippen LogP contribution in [0.25, 0.3) is 6.08 Å². The summed E-state index contributed by atoms with van der Waals surface area (Å²) in [5, 5.41) is 10.5. The van der Waals surface area contributed by atoms with Gasteiger partial charge in [-0.05, 0) is 42.4 Å². The molecule has 4 rings (SSSR count). The zero-order valence-electron chi connectivity index (χ0n) is 18.2. The summed E-state index contributed by atoms with van der Waals surface area (Å²) < 4.78 is 16.6.